The maximum atomic E-state index is 12.1. The summed E-state index contributed by atoms with van der Waals surface area (Å²) in [6, 6.07) is 9.81. The normalized spacial score (nSPS) is 11.7. The second-order valence-corrected chi connectivity index (χ2v) is 5.76. The predicted octanol–water partition coefficient (Wildman–Crippen LogP) is 2.11. The first-order valence-electron chi connectivity index (χ1n) is 7.73. The van der Waals surface area contributed by atoms with Crippen LogP contribution >= 0.6 is 12.6 Å². The van der Waals surface area contributed by atoms with Crippen LogP contribution in [0, 0.1) is 5.92 Å². The van der Waals surface area contributed by atoms with Gasteiger partial charge in [-0.25, -0.2) is 4.79 Å². The molecule has 126 valence electrons. The molecular formula is C17H23NO4S. The number of amides is 1. The third kappa shape index (κ3) is 7.83. The lowest BCUT2D eigenvalue weighted by atomic mass is 10.00. The van der Waals surface area contributed by atoms with Crippen LogP contribution in [0.15, 0.2) is 30.3 Å². The summed E-state index contributed by atoms with van der Waals surface area (Å²) in [4.78, 5) is 33.4. The molecule has 1 aromatic rings. The van der Waals surface area contributed by atoms with Crippen molar-refractivity contribution in [1.29, 1.82) is 0 Å². The van der Waals surface area contributed by atoms with Crippen LogP contribution in [0.25, 0.3) is 0 Å². The van der Waals surface area contributed by atoms with Crippen molar-refractivity contribution < 1.29 is 19.5 Å². The highest BCUT2D eigenvalue weighted by Crippen LogP contribution is 2.10. The van der Waals surface area contributed by atoms with Crippen molar-refractivity contribution in [2.75, 3.05) is 12.3 Å². The van der Waals surface area contributed by atoms with Crippen molar-refractivity contribution in [3.05, 3.63) is 35.9 Å². The number of hydrogen-bond donors (Lipinski definition) is 3. The first-order chi connectivity index (χ1) is 11.0. The standard InChI is InChI=1S/C17H23NO4S/c19-15(17(21)22)9-5-2-6-10-18-16(20)14(12-23)11-13-7-3-1-4-8-13/h1,3-4,7-8,14,23H,2,5-6,9-12H2,(H,18,20)(H,21,22). The van der Waals surface area contributed by atoms with Crippen LogP contribution in [0.1, 0.15) is 31.2 Å². The second-order valence-electron chi connectivity index (χ2n) is 5.40. The Morgan fingerprint density at radius 2 is 1.78 bits per heavy atom. The van der Waals surface area contributed by atoms with E-state index in [-0.39, 0.29) is 18.2 Å². The number of thiol groups is 1. The van der Waals surface area contributed by atoms with Crippen molar-refractivity contribution in [3.63, 3.8) is 0 Å². The maximum absolute atomic E-state index is 12.1. The molecule has 5 nitrogen and oxygen atoms in total. The van der Waals surface area contributed by atoms with Crippen molar-refractivity contribution in [2.24, 2.45) is 5.92 Å². The minimum Gasteiger partial charge on any atom is -0.476 e. The fourth-order valence-electron chi connectivity index (χ4n) is 2.19. The van der Waals surface area contributed by atoms with E-state index in [4.69, 9.17) is 5.11 Å². The summed E-state index contributed by atoms with van der Waals surface area (Å²) >= 11 is 4.25. The Balaban J connectivity index is 2.21. The summed E-state index contributed by atoms with van der Waals surface area (Å²) in [5, 5.41) is 11.3. The molecule has 0 spiro atoms. The average molecular weight is 337 g/mol. The number of benzene rings is 1. The summed E-state index contributed by atoms with van der Waals surface area (Å²) in [6.45, 7) is 0.527. The zero-order valence-electron chi connectivity index (χ0n) is 13.0. The number of carboxylic acids is 1. The van der Waals surface area contributed by atoms with Gasteiger partial charge in [0.05, 0.1) is 5.92 Å². The van der Waals surface area contributed by atoms with E-state index in [9.17, 15) is 14.4 Å². The summed E-state index contributed by atoms with van der Waals surface area (Å²) in [6.07, 6.45) is 2.67. The fourth-order valence-corrected chi connectivity index (χ4v) is 2.48. The molecular weight excluding hydrogens is 314 g/mol. The molecule has 1 unspecified atom stereocenters. The predicted molar refractivity (Wildman–Crippen MR) is 91.6 cm³/mol. The Hall–Kier alpha value is -1.82. The van der Waals surface area contributed by atoms with Crippen LogP contribution in [0.4, 0.5) is 0 Å². The molecule has 0 radical (unpaired) electrons. The number of Topliss-reactive ketones (excluding diaryl/α,β-unsaturated/α-hetero) is 1. The van der Waals surface area contributed by atoms with E-state index in [2.05, 4.69) is 17.9 Å². The highest BCUT2D eigenvalue weighted by Gasteiger charge is 2.16. The van der Waals surface area contributed by atoms with E-state index < -0.39 is 11.8 Å². The van der Waals surface area contributed by atoms with Gasteiger partial charge in [0.25, 0.3) is 0 Å². The molecule has 2 N–H and O–H groups in total. The van der Waals surface area contributed by atoms with E-state index >= 15 is 0 Å². The molecule has 0 aliphatic rings. The summed E-state index contributed by atoms with van der Waals surface area (Å²) in [5.41, 5.74) is 1.11. The number of carbonyl (C=O) groups excluding carboxylic acids is 2. The average Bonchev–Trinajstić information content (AvgIpc) is 2.56. The van der Waals surface area contributed by atoms with Crippen LogP contribution in [0.5, 0.6) is 0 Å². The molecule has 6 heteroatoms. The number of ketones is 1. The topological polar surface area (TPSA) is 83.5 Å². The third-order valence-electron chi connectivity index (χ3n) is 3.53. The Kier molecular flexibility index (Phi) is 9.05. The Bertz CT molecular complexity index is 519. The van der Waals surface area contributed by atoms with Gasteiger partial charge < -0.3 is 10.4 Å². The molecule has 1 rings (SSSR count). The van der Waals surface area contributed by atoms with Gasteiger partial charge in [-0.3, -0.25) is 9.59 Å². The summed E-state index contributed by atoms with van der Waals surface area (Å²) in [7, 11) is 0. The van der Waals surface area contributed by atoms with Crippen molar-refractivity contribution in [2.45, 2.75) is 32.1 Å². The lowest BCUT2D eigenvalue weighted by Crippen LogP contribution is -2.33. The van der Waals surface area contributed by atoms with Crippen LogP contribution in [-0.2, 0) is 20.8 Å². The van der Waals surface area contributed by atoms with Crippen LogP contribution < -0.4 is 5.32 Å². The number of carboxylic acid groups (broad SMARTS) is 1. The van der Waals surface area contributed by atoms with E-state index in [0.717, 1.165) is 12.0 Å². The molecule has 0 heterocycles. The van der Waals surface area contributed by atoms with Crippen molar-refractivity contribution >= 4 is 30.3 Å². The number of hydrogen-bond acceptors (Lipinski definition) is 4. The van der Waals surface area contributed by atoms with Gasteiger partial charge in [0.1, 0.15) is 0 Å². The van der Waals surface area contributed by atoms with Crippen LogP contribution in [0.2, 0.25) is 0 Å². The number of unbranched alkanes of at least 4 members (excludes halogenated alkanes) is 2. The van der Waals surface area contributed by atoms with Gasteiger partial charge in [-0.05, 0) is 24.8 Å². The minimum atomic E-state index is -1.38. The molecule has 23 heavy (non-hydrogen) atoms. The zero-order valence-corrected chi connectivity index (χ0v) is 13.9. The van der Waals surface area contributed by atoms with Crippen molar-refractivity contribution in [1.82, 2.24) is 5.32 Å². The van der Waals surface area contributed by atoms with Gasteiger partial charge >= 0.3 is 5.97 Å². The molecule has 1 aromatic carbocycles. The van der Waals surface area contributed by atoms with Gasteiger partial charge in [0.15, 0.2) is 0 Å². The third-order valence-corrected chi connectivity index (χ3v) is 3.98. The number of aliphatic carboxylic acids is 1. The quantitative estimate of drug-likeness (QED) is 0.328. The van der Waals surface area contributed by atoms with Crippen molar-refractivity contribution in [3.8, 4) is 0 Å². The number of carbonyl (C=O) groups is 3. The highest BCUT2D eigenvalue weighted by molar-refractivity contribution is 7.80. The molecule has 1 amide bonds. The van der Waals surface area contributed by atoms with Gasteiger partial charge in [-0.15, -0.1) is 0 Å². The highest BCUT2D eigenvalue weighted by atomic mass is 32.1. The largest absolute Gasteiger partial charge is 0.476 e. The van der Waals surface area contributed by atoms with E-state index in [1.807, 2.05) is 30.3 Å². The smallest absolute Gasteiger partial charge is 0.372 e. The number of rotatable bonds is 11. The summed E-state index contributed by atoms with van der Waals surface area (Å²) < 4.78 is 0. The summed E-state index contributed by atoms with van der Waals surface area (Å²) in [5.74, 6) is -1.85. The van der Waals surface area contributed by atoms with Gasteiger partial charge in [0.2, 0.25) is 11.7 Å². The Labute approximate surface area is 141 Å². The Morgan fingerprint density at radius 3 is 2.39 bits per heavy atom. The van der Waals surface area contributed by atoms with E-state index in [1.165, 1.54) is 0 Å². The van der Waals surface area contributed by atoms with Gasteiger partial charge in [-0.1, -0.05) is 36.8 Å². The van der Waals surface area contributed by atoms with E-state index in [0.29, 0.717) is 31.6 Å². The van der Waals surface area contributed by atoms with Crippen LogP contribution in [-0.4, -0.2) is 35.1 Å². The number of nitrogens with one attached hydrogen (secondary N) is 1. The lowest BCUT2D eigenvalue weighted by molar-refractivity contribution is -0.149. The Morgan fingerprint density at radius 1 is 1.09 bits per heavy atom. The van der Waals surface area contributed by atoms with E-state index in [1.54, 1.807) is 0 Å². The zero-order chi connectivity index (χ0) is 17.1. The van der Waals surface area contributed by atoms with Gasteiger partial charge in [0, 0.05) is 18.7 Å². The molecule has 0 fully saturated rings. The van der Waals surface area contributed by atoms with Crippen LogP contribution in [0.3, 0.4) is 0 Å². The molecule has 0 aliphatic carbocycles. The molecule has 0 aromatic heterocycles. The molecule has 0 aliphatic heterocycles. The first-order valence-corrected chi connectivity index (χ1v) is 8.36. The lowest BCUT2D eigenvalue weighted by Gasteiger charge is -2.14. The molecule has 0 saturated carbocycles. The van der Waals surface area contributed by atoms with Gasteiger partial charge in [-0.2, -0.15) is 12.6 Å². The second kappa shape index (κ2) is 10.8. The molecule has 1 atom stereocenters. The first kappa shape index (κ1) is 19.2. The molecule has 0 bridgehead atoms. The molecule has 0 saturated heterocycles. The monoisotopic (exact) mass is 337 g/mol. The fraction of sp³-hybridized carbons (Fsp3) is 0.471. The maximum Gasteiger partial charge on any atom is 0.372 e. The SMILES string of the molecule is O=C(O)C(=O)CCCCCNC(=O)C(CS)Cc1ccccc1. The minimum absolute atomic E-state index is 0.0227.